The van der Waals surface area contributed by atoms with Crippen molar-refractivity contribution in [1.82, 2.24) is 15.5 Å². The fourth-order valence-corrected chi connectivity index (χ4v) is 4.21. The van der Waals surface area contributed by atoms with Crippen LogP contribution in [0.2, 0.25) is 0 Å². The highest BCUT2D eigenvalue weighted by Gasteiger charge is 2.42. The summed E-state index contributed by atoms with van der Waals surface area (Å²) in [6.07, 6.45) is 0.0792. The number of nitriles is 1. The fourth-order valence-electron chi connectivity index (χ4n) is 4.21. The largest absolute Gasteiger partial charge is 0.490 e. The number of aliphatic hydroxyl groups is 1. The molecule has 1 atom stereocenters. The van der Waals surface area contributed by atoms with Gasteiger partial charge in [-0.3, -0.25) is 0 Å². The van der Waals surface area contributed by atoms with E-state index in [1.807, 2.05) is 13.8 Å². The van der Waals surface area contributed by atoms with E-state index < -0.39 is 22.0 Å². The minimum absolute atomic E-state index is 0.0866. The molecule has 2 aromatic carbocycles. The van der Waals surface area contributed by atoms with Gasteiger partial charge in [-0.2, -0.15) is 10.2 Å². The van der Waals surface area contributed by atoms with Crippen LogP contribution in [-0.2, 0) is 5.21 Å². The van der Waals surface area contributed by atoms with Crippen molar-refractivity contribution >= 4 is 47.1 Å². The van der Waals surface area contributed by atoms with Crippen LogP contribution in [-0.4, -0.2) is 79.2 Å². The second kappa shape index (κ2) is 9.24. The molecule has 0 saturated heterocycles. The second-order valence-electron chi connectivity index (χ2n) is 9.32. The molecule has 0 unspecified atom stereocenters. The summed E-state index contributed by atoms with van der Waals surface area (Å²) < 4.78 is 11.2. The molecule has 7 nitrogen and oxygen atoms in total. The Morgan fingerprint density at radius 2 is 1.94 bits per heavy atom. The van der Waals surface area contributed by atoms with Crippen molar-refractivity contribution in [3.8, 4) is 34.7 Å². The number of hydrogen-bond acceptors (Lipinski definition) is 7. The maximum Gasteiger partial charge on any atom is 0.258 e. The molecular weight excluding hydrogens is 445 g/mol. The monoisotopic (exact) mass is 464 g/mol. The first-order valence-electron chi connectivity index (χ1n) is 11.2. The molecule has 0 saturated carbocycles. The summed E-state index contributed by atoms with van der Waals surface area (Å²) in [6.45, 7) is 3.75. The van der Waals surface area contributed by atoms with E-state index in [0.717, 1.165) is 0 Å². The van der Waals surface area contributed by atoms with Crippen LogP contribution in [0.3, 0.4) is 0 Å². The molecule has 0 bridgehead atoms. The molecule has 2 N–H and O–H groups in total. The first-order valence-corrected chi connectivity index (χ1v) is 11.2. The van der Waals surface area contributed by atoms with Crippen LogP contribution < -0.4 is 10.1 Å². The minimum Gasteiger partial charge on any atom is -0.490 e. The van der Waals surface area contributed by atoms with Gasteiger partial charge in [-0.25, -0.2) is 0 Å². The van der Waals surface area contributed by atoms with Gasteiger partial charge in [0.1, 0.15) is 11.8 Å². The lowest BCUT2D eigenvalue weighted by molar-refractivity contribution is 0.169. The predicted octanol–water partition coefficient (Wildman–Crippen LogP) is 0.561. The number of fused-ring (bicyclic) bond motifs is 1. The molecule has 1 heterocycles. The summed E-state index contributed by atoms with van der Waals surface area (Å²) >= 11 is 0. The molecule has 0 aliphatic heterocycles. The highest BCUT2D eigenvalue weighted by Crippen LogP contribution is 2.46. The zero-order valence-corrected chi connectivity index (χ0v) is 19.9. The van der Waals surface area contributed by atoms with Gasteiger partial charge < -0.3 is 19.7 Å². The van der Waals surface area contributed by atoms with Gasteiger partial charge in [-0.1, -0.05) is 28.6 Å². The van der Waals surface area contributed by atoms with Crippen LogP contribution in [0.1, 0.15) is 43.0 Å². The first-order chi connectivity index (χ1) is 16.7. The number of ether oxygens (including phenoxy) is 1. The molecule has 1 aromatic heterocycles. The van der Waals surface area contributed by atoms with Crippen molar-refractivity contribution in [3.05, 3.63) is 53.1 Å². The second-order valence-corrected chi connectivity index (χ2v) is 9.32. The van der Waals surface area contributed by atoms with Crippen molar-refractivity contribution in [3.63, 3.8) is 0 Å². The molecule has 3 aromatic rings. The topological polar surface area (TPSA) is 104 Å². The van der Waals surface area contributed by atoms with Crippen LogP contribution in [0.15, 0.2) is 40.9 Å². The lowest BCUT2D eigenvalue weighted by atomic mass is 9.40. The van der Waals surface area contributed by atoms with Crippen LogP contribution >= 0.6 is 0 Å². The van der Waals surface area contributed by atoms with Crippen molar-refractivity contribution in [2.24, 2.45) is 0 Å². The highest BCUT2D eigenvalue weighted by atomic mass is 16.5. The normalized spacial score (nSPS) is 17.0. The average Bonchev–Trinajstić information content (AvgIpc) is 3.36. The smallest absolute Gasteiger partial charge is 0.258 e. The molecule has 36 heavy (non-hydrogen) atoms. The molecule has 13 heteroatoms. The van der Waals surface area contributed by atoms with Crippen molar-refractivity contribution in [1.29, 1.82) is 5.26 Å². The molecule has 1 aliphatic carbocycles. The lowest BCUT2D eigenvalue weighted by Crippen LogP contribution is -2.65. The molecule has 1 aliphatic rings. The van der Waals surface area contributed by atoms with Gasteiger partial charge in [-0.05, 0) is 60.3 Å². The third-order valence-corrected chi connectivity index (χ3v) is 5.93. The zero-order valence-electron chi connectivity index (χ0n) is 19.9. The van der Waals surface area contributed by atoms with E-state index in [0.29, 0.717) is 33.6 Å². The van der Waals surface area contributed by atoms with Crippen LogP contribution in [0.25, 0.3) is 22.8 Å². The lowest BCUT2D eigenvalue weighted by Gasteiger charge is -2.43. The van der Waals surface area contributed by atoms with E-state index in [2.05, 4.69) is 21.5 Å². The summed E-state index contributed by atoms with van der Waals surface area (Å²) in [6, 6.07) is 11.9. The Kier molecular flexibility index (Phi) is 6.74. The molecule has 166 valence electrons. The number of nitrogens with zero attached hydrogens (tertiary/aromatic N) is 3. The summed E-state index contributed by atoms with van der Waals surface area (Å²) in [5.41, 5.74) is 2.62. The number of hydrogen-bond donors (Lipinski definition) is 2. The Labute approximate surface area is 218 Å². The number of rotatable bonds is 7. The third-order valence-electron chi connectivity index (χ3n) is 5.93. The minimum atomic E-state index is -2.42. The molecule has 0 fully saturated rings. The maximum atomic E-state index is 9.94. The zero-order chi connectivity index (χ0) is 26.5. The van der Waals surface area contributed by atoms with Gasteiger partial charge in [0.2, 0.25) is 5.82 Å². The molecular formula is C23H18B6N4O3. The third kappa shape index (κ3) is 4.89. The summed E-state index contributed by atoms with van der Waals surface area (Å²) in [5, 5.41) is 20.6. The fraction of sp³-hybridized carbons (Fsp3) is 0.348. The van der Waals surface area contributed by atoms with E-state index in [9.17, 15) is 10.4 Å². The van der Waals surface area contributed by atoms with E-state index in [-0.39, 0.29) is 24.2 Å². The Balaban J connectivity index is 1.71. The number of benzene rings is 2. The van der Waals surface area contributed by atoms with Crippen LogP contribution in [0.5, 0.6) is 5.75 Å². The van der Waals surface area contributed by atoms with Crippen LogP contribution in [0, 0.1) is 11.3 Å². The Morgan fingerprint density at radius 1 is 1.22 bits per heavy atom. The van der Waals surface area contributed by atoms with E-state index >= 15 is 0 Å². The predicted molar refractivity (Wildman–Crippen MR) is 140 cm³/mol. The Morgan fingerprint density at radius 3 is 2.58 bits per heavy atom. The van der Waals surface area contributed by atoms with Crippen LogP contribution in [0.4, 0.5) is 0 Å². The van der Waals surface area contributed by atoms with Gasteiger partial charge in [-0.15, -0.1) is 0 Å². The SMILES string of the molecule is [B]C1([B])C[C@H](NC([B])([B])C([B])([B])O)c2cccc(-c3noc(-c4ccc(OC(C)C)c(C#N)c4)n3)c21. The van der Waals surface area contributed by atoms with E-state index in [1.165, 1.54) is 0 Å². The molecule has 0 amide bonds. The van der Waals surface area contributed by atoms with E-state index in [4.69, 9.17) is 56.3 Å². The maximum absolute atomic E-state index is 9.94. The summed E-state index contributed by atoms with van der Waals surface area (Å²) in [5.74, 6) is 0.899. The molecule has 0 spiro atoms. The number of aromatic nitrogens is 2. The van der Waals surface area contributed by atoms with Gasteiger partial charge in [0.15, 0.2) is 0 Å². The van der Waals surface area contributed by atoms with E-state index in [1.54, 1.807) is 36.4 Å². The quantitative estimate of drug-likeness (QED) is 0.494. The van der Waals surface area contributed by atoms with Gasteiger partial charge in [0.05, 0.1) is 58.7 Å². The van der Waals surface area contributed by atoms with Gasteiger partial charge in [0.25, 0.3) is 5.89 Å². The molecule has 12 radical (unpaired) electrons. The number of nitrogens with one attached hydrogen (secondary N) is 1. The van der Waals surface area contributed by atoms with Gasteiger partial charge in [0, 0.05) is 17.2 Å². The highest BCUT2D eigenvalue weighted by molar-refractivity contribution is 6.53. The van der Waals surface area contributed by atoms with Gasteiger partial charge >= 0.3 is 0 Å². The average molecular weight is 463 g/mol. The van der Waals surface area contributed by atoms with Crippen molar-refractivity contribution in [2.75, 3.05) is 0 Å². The Hall–Kier alpha value is -2.82. The molecule has 4 rings (SSSR count). The standard InChI is InChI=1S/C23H18B6N4O3/c1-11(2)35-17-7-6-12(8-13(17)10-30)20-31-19(33-36-20)15-5-3-4-14-16(9-21(24,25)18(14)15)32-22(26,27)23(28,29)34/h3-8,11,16,32,34H,9H2,1-2H3/t16-/m0/s1. The van der Waals surface area contributed by atoms with Crippen molar-refractivity contribution in [2.45, 2.75) is 48.4 Å². The Bertz CT molecular complexity index is 1330. The van der Waals surface area contributed by atoms with Crippen molar-refractivity contribution < 1.29 is 14.4 Å². The summed E-state index contributed by atoms with van der Waals surface area (Å²) in [4.78, 5) is 4.51. The first kappa shape index (κ1) is 26.2. The summed E-state index contributed by atoms with van der Waals surface area (Å²) in [7, 11) is 35.7.